The quantitative estimate of drug-likeness (QED) is 0.0940. The summed E-state index contributed by atoms with van der Waals surface area (Å²) in [5.41, 5.74) is 8.94. The molecule has 0 radical (unpaired) electrons. The minimum atomic E-state index is 0.0720. The molecule has 1 aliphatic rings. The summed E-state index contributed by atoms with van der Waals surface area (Å²) in [6, 6.07) is 0. The van der Waals surface area contributed by atoms with E-state index in [2.05, 4.69) is 88.1 Å². The van der Waals surface area contributed by atoms with Crippen LogP contribution in [0.4, 0.5) is 0 Å². The third-order valence-corrected chi connectivity index (χ3v) is 9.62. The van der Waals surface area contributed by atoms with Crippen molar-refractivity contribution in [2.45, 2.75) is 152 Å². The topological polar surface area (TPSA) is 12.4 Å². The van der Waals surface area contributed by atoms with Crippen molar-refractivity contribution in [3.05, 3.63) is 59.4 Å². The van der Waals surface area contributed by atoms with Gasteiger partial charge < -0.3 is 0 Å². The van der Waals surface area contributed by atoms with E-state index in [9.17, 15) is 0 Å². The van der Waals surface area contributed by atoms with Gasteiger partial charge in [-0.05, 0) is 87.3 Å². The van der Waals surface area contributed by atoms with Crippen LogP contribution in [0.1, 0.15) is 152 Å². The van der Waals surface area contributed by atoms with Crippen LogP contribution in [0.5, 0.6) is 0 Å². The summed E-state index contributed by atoms with van der Waals surface area (Å²) >= 11 is 0. The maximum atomic E-state index is 5.30. The molecule has 1 nitrogen and oxygen atoms in total. The zero-order valence-electron chi connectivity index (χ0n) is 27.8. The van der Waals surface area contributed by atoms with Gasteiger partial charge in [0, 0.05) is 17.0 Å². The van der Waals surface area contributed by atoms with Gasteiger partial charge in [0.05, 0.1) is 5.70 Å². The van der Waals surface area contributed by atoms with E-state index >= 15 is 0 Å². The Morgan fingerprint density at radius 3 is 2.21 bits per heavy atom. The van der Waals surface area contributed by atoms with Gasteiger partial charge in [-0.3, -0.25) is 4.99 Å². The molecule has 1 fully saturated rings. The Labute approximate surface area is 245 Å². The lowest BCUT2D eigenvalue weighted by molar-refractivity contribution is 0.350. The first-order chi connectivity index (χ1) is 18.5. The summed E-state index contributed by atoms with van der Waals surface area (Å²) < 4.78 is 0. The van der Waals surface area contributed by atoms with Crippen LogP contribution in [-0.4, -0.2) is 5.71 Å². The number of allylic oxidation sites excluding steroid dienone is 5. The Kier molecular flexibility index (Phi) is 16.3. The van der Waals surface area contributed by atoms with Crippen LogP contribution in [0.25, 0.3) is 0 Å². The Bertz CT molecular complexity index is 894. The fourth-order valence-corrected chi connectivity index (χ4v) is 6.68. The van der Waals surface area contributed by atoms with Crippen LogP contribution in [0.2, 0.25) is 0 Å². The molecule has 0 amide bonds. The molecule has 1 saturated carbocycles. The highest BCUT2D eigenvalue weighted by Gasteiger charge is 2.35. The molecule has 39 heavy (non-hydrogen) atoms. The number of hydrogen-bond donors (Lipinski definition) is 0. The molecular formula is C38H65N. The van der Waals surface area contributed by atoms with Crippen molar-refractivity contribution in [2.24, 2.45) is 28.2 Å². The lowest BCUT2D eigenvalue weighted by Gasteiger charge is -2.40. The van der Waals surface area contributed by atoms with Crippen molar-refractivity contribution in [3.63, 3.8) is 0 Å². The maximum absolute atomic E-state index is 5.30. The van der Waals surface area contributed by atoms with Crippen molar-refractivity contribution in [2.75, 3.05) is 0 Å². The molecule has 0 saturated heterocycles. The second kappa shape index (κ2) is 17.9. The minimum absolute atomic E-state index is 0.0720. The summed E-state index contributed by atoms with van der Waals surface area (Å²) in [6.07, 6.45) is 19.0. The molecule has 0 bridgehead atoms. The molecule has 0 aromatic rings. The van der Waals surface area contributed by atoms with Crippen molar-refractivity contribution < 1.29 is 0 Å². The SMILES string of the molecule is C=C(/N=C(\C=C(/C)CC(C)C(C)CCCC)C(CC)CCC)C(=C)/C(CCC)=C(\CC)C1(C)CCCCC1=C. The van der Waals surface area contributed by atoms with E-state index in [0.717, 1.165) is 62.1 Å². The molecular weight excluding hydrogens is 470 g/mol. The van der Waals surface area contributed by atoms with Crippen LogP contribution >= 0.6 is 0 Å². The van der Waals surface area contributed by atoms with Gasteiger partial charge >= 0.3 is 0 Å². The third-order valence-electron chi connectivity index (χ3n) is 9.62. The molecule has 4 atom stereocenters. The van der Waals surface area contributed by atoms with Gasteiger partial charge in [-0.2, -0.15) is 0 Å². The minimum Gasteiger partial charge on any atom is -0.253 e. The highest BCUT2D eigenvalue weighted by Crippen LogP contribution is 2.49. The maximum Gasteiger partial charge on any atom is 0.0630 e. The molecule has 1 rings (SSSR count). The van der Waals surface area contributed by atoms with E-state index in [1.807, 2.05) is 0 Å². The summed E-state index contributed by atoms with van der Waals surface area (Å²) in [5.74, 6) is 1.90. The van der Waals surface area contributed by atoms with E-state index in [1.165, 1.54) is 72.9 Å². The van der Waals surface area contributed by atoms with E-state index in [0.29, 0.717) is 11.8 Å². The molecule has 4 unspecified atom stereocenters. The molecule has 0 spiro atoms. The van der Waals surface area contributed by atoms with Gasteiger partial charge in [-0.1, -0.05) is 130 Å². The summed E-state index contributed by atoms with van der Waals surface area (Å²) in [4.78, 5) is 5.30. The first-order valence-electron chi connectivity index (χ1n) is 16.5. The van der Waals surface area contributed by atoms with Crippen molar-refractivity contribution in [1.82, 2.24) is 0 Å². The Hall–Kier alpha value is -1.63. The number of aliphatic imine (C=N–C) groups is 1. The Morgan fingerprint density at radius 1 is 0.974 bits per heavy atom. The molecule has 0 heterocycles. The molecule has 0 N–H and O–H groups in total. The van der Waals surface area contributed by atoms with Crippen LogP contribution in [0, 0.1) is 23.2 Å². The molecule has 1 aliphatic carbocycles. The van der Waals surface area contributed by atoms with Crippen LogP contribution < -0.4 is 0 Å². The monoisotopic (exact) mass is 536 g/mol. The first-order valence-corrected chi connectivity index (χ1v) is 16.5. The zero-order chi connectivity index (χ0) is 29.6. The lowest BCUT2D eigenvalue weighted by atomic mass is 9.65. The largest absolute Gasteiger partial charge is 0.253 e. The predicted octanol–water partition coefficient (Wildman–Crippen LogP) is 12.8. The number of rotatable bonds is 18. The molecule has 0 aromatic carbocycles. The van der Waals surface area contributed by atoms with Crippen molar-refractivity contribution >= 4 is 5.71 Å². The van der Waals surface area contributed by atoms with Gasteiger partial charge in [0.2, 0.25) is 0 Å². The smallest absolute Gasteiger partial charge is 0.0630 e. The Morgan fingerprint density at radius 2 is 1.67 bits per heavy atom. The second-order valence-electron chi connectivity index (χ2n) is 12.9. The molecule has 0 aliphatic heterocycles. The molecule has 0 aromatic heterocycles. The van der Waals surface area contributed by atoms with Crippen LogP contribution in [0.3, 0.4) is 0 Å². The average molecular weight is 536 g/mol. The number of nitrogens with zero attached hydrogens (tertiary/aromatic N) is 1. The Balaban J connectivity index is 3.45. The highest BCUT2D eigenvalue weighted by atomic mass is 14.8. The lowest BCUT2D eigenvalue weighted by Crippen LogP contribution is -2.26. The highest BCUT2D eigenvalue weighted by molar-refractivity contribution is 5.98. The predicted molar refractivity (Wildman–Crippen MR) is 179 cm³/mol. The van der Waals surface area contributed by atoms with Crippen LogP contribution in [0.15, 0.2) is 64.4 Å². The van der Waals surface area contributed by atoms with Crippen molar-refractivity contribution in [3.8, 4) is 0 Å². The fraction of sp³-hybridized carbons (Fsp3) is 0.711. The van der Waals surface area contributed by atoms with E-state index in [-0.39, 0.29) is 5.41 Å². The molecule has 222 valence electrons. The number of unbranched alkanes of at least 4 members (excludes halogenated alkanes) is 1. The standard InChI is InChI=1S/C38H65N/c1-13-18-23-29(7)30(8)26-28(6)27-37(34(16-4)21-14-2)39-33(11)32(10)35(22-15-3)36(17-5)38(12)25-20-19-24-31(38)9/h27,29-30,34H,9-11,13-26H2,1-8,12H3/b28-27+,36-35+,39-37+. The summed E-state index contributed by atoms with van der Waals surface area (Å²) in [6.45, 7) is 34.8. The third kappa shape index (κ3) is 10.4. The van der Waals surface area contributed by atoms with Crippen LogP contribution in [-0.2, 0) is 0 Å². The van der Waals surface area contributed by atoms with Gasteiger partial charge in [-0.25, -0.2) is 0 Å². The normalized spacial score (nSPS) is 21.8. The van der Waals surface area contributed by atoms with Gasteiger partial charge in [0.1, 0.15) is 0 Å². The van der Waals surface area contributed by atoms with Gasteiger partial charge in [-0.15, -0.1) is 0 Å². The first kappa shape index (κ1) is 35.4. The van der Waals surface area contributed by atoms with Gasteiger partial charge in [0.25, 0.3) is 0 Å². The fourth-order valence-electron chi connectivity index (χ4n) is 6.68. The number of hydrogen-bond acceptors (Lipinski definition) is 1. The van der Waals surface area contributed by atoms with E-state index in [1.54, 1.807) is 0 Å². The zero-order valence-corrected chi connectivity index (χ0v) is 27.8. The van der Waals surface area contributed by atoms with E-state index in [4.69, 9.17) is 4.99 Å². The van der Waals surface area contributed by atoms with Gasteiger partial charge in [0.15, 0.2) is 0 Å². The summed E-state index contributed by atoms with van der Waals surface area (Å²) in [7, 11) is 0. The van der Waals surface area contributed by atoms with E-state index < -0.39 is 0 Å². The second-order valence-corrected chi connectivity index (χ2v) is 12.9. The van der Waals surface area contributed by atoms with Crippen molar-refractivity contribution in [1.29, 1.82) is 0 Å². The summed E-state index contributed by atoms with van der Waals surface area (Å²) in [5, 5.41) is 0. The average Bonchev–Trinajstić information content (AvgIpc) is 2.90. The molecule has 1 heteroatoms.